The van der Waals surface area contributed by atoms with Crippen molar-refractivity contribution in [1.82, 2.24) is 14.8 Å². The van der Waals surface area contributed by atoms with Gasteiger partial charge in [0, 0.05) is 22.8 Å². The van der Waals surface area contributed by atoms with Gasteiger partial charge in [0.05, 0.1) is 12.4 Å². The second kappa shape index (κ2) is 8.58. The van der Waals surface area contributed by atoms with Gasteiger partial charge in [-0.3, -0.25) is 4.79 Å². The molecule has 0 aliphatic carbocycles. The molecule has 3 aromatic rings. The lowest BCUT2D eigenvalue weighted by molar-refractivity contribution is -0.115. The molecule has 0 aliphatic rings. The Balaban J connectivity index is 1.71. The summed E-state index contributed by atoms with van der Waals surface area (Å²) in [6, 6.07) is 15.1. The predicted molar refractivity (Wildman–Crippen MR) is 111 cm³/mol. The van der Waals surface area contributed by atoms with Crippen LogP contribution in [0.1, 0.15) is 6.92 Å². The Hall–Kier alpha value is -2.32. The highest BCUT2D eigenvalue weighted by molar-refractivity contribution is 9.10. The first-order chi connectivity index (χ1) is 13.0. The van der Waals surface area contributed by atoms with Crippen molar-refractivity contribution in [2.45, 2.75) is 17.3 Å². The largest absolute Gasteiger partial charge is 0.497 e. The number of carbonyl (C=O) groups is 1. The number of nitrogens with one attached hydrogen (secondary N) is 1. The molecule has 6 nitrogen and oxygen atoms in total. The molecule has 0 saturated heterocycles. The zero-order chi connectivity index (χ0) is 19.4. The minimum atomic E-state index is -0.324. The Morgan fingerprint density at radius 3 is 2.67 bits per heavy atom. The van der Waals surface area contributed by atoms with Crippen LogP contribution < -0.4 is 10.1 Å². The van der Waals surface area contributed by atoms with E-state index in [1.165, 1.54) is 11.8 Å². The Bertz CT molecular complexity index is 943. The van der Waals surface area contributed by atoms with Gasteiger partial charge in [0.2, 0.25) is 5.91 Å². The molecular formula is C19H19BrN4O2S. The molecule has 140 valence electrons. The van der Waals surface area contributed by atoms with E-state index in [-0.39, 0.29) is 11.2 Å². The molecule has 1 N–H and O–H groups in total. The lowest BCUT2D eigenvalue weighted by Crippen LogP contribution is -2.22. The highest BCUT2D eigenvalue weighted by Gasteiger charge is 2.19. The second-order valence-corrected chi connectivity index (χ2v) is 8.08. The number of carbonyl (C=O) groups excluding carboxylic acids is 1. The molecule has 0 fully saturated rings. The van der Waals surface area contributed by atoms with Gasteiger partial charge in [0.15, 0.2) is 11.0 Å². The van der Waals surface area contributed by atoms with Gasteiger partial charge in [0.25, 0.3) is 0 Å². The maximum atomic E-state index is 12.5. The van der Waals surface area contributed by atoms with Crippen LogP contribution in [0.5, 0.6) is 5.75 Å². The number of methoxy groups -OCH3 is 1. The van der Waals surface area contributed by atoms with Crippen LogP contribution in [0.4, 0.5) is 5.69 Å². The van der Waals surface area contributed by atoms with E-state index in [0.717, 1.165) is 27.3 Å². The van der Waals surface area contributed by atoms with Crippen molar-refractivity contribution in [2.75, 3.05) is 12.4 Å². The van der Waals surface area contributed by atoms with Gasteiger partial charge in [-0.25, -0.2) is 0 Å². The maximum absolute atomic E-state index is 12.5. The van der Waals surface area contributed by atoms with E-state index in [4.69, 9.17) is 4.74 Å². The van der Waals surface area contributed by atoms with Gasteiger partial charge >= 0.3 is 0 Å². The fraction of sp³-hybridized carbons (Fsp3) is 0.211. The van der Waals surface area contributed by atoms with Gasteiger partial charge in [0.1, 0.15) is 5.75 Å². The van der Waals surface area contributed by atoms with E-state index in [9.17, 15) is 4.79 Å². The molecule has 0 aliphatic heterocycles. The molecule has 0 saturated carbocycles. The Morgan fingerprint density at radius 2 is 1.96 bits per heavy atom. The normalized spacial score (nSPS) is 11.9. The second-order valence-electron chi connectivity index (χ2n) is 5.85. The van der Waals surface area contributed by atoms with Crippen molar-refractivity contribution >= 4 is 39.3 Å². The maximum Gasteiger partial charge on any atom is 0.237 e. The van der Waals surface area contributed by atoms with E-state index in [1.54, 1.807) is 7.11 Å². The predicted octanol–water partition coefficient (Wildman–Crippen LogP) is 4.37. The molecule has 3 rings (SSSR count). The first-order valence-corrected chi connectivity index (χ1v) is 9.92. The van der Waals surface area contributed by atoms with Crippen LogP contribution in [0.25, 0.3) is 11.4 Å². The smallest absolute Gasteiger partial charge is 0.237 e. The average Bonchev–Trinajstić information content (AvgIpc) is 3.04. The summed E-state index contributed by atoms with van der Waals surface area (Å²) in [5.74, 6) is 1.39. The van der Waals surface area contributed by atoms with Crippen LogP contribution in [-0.2, 0) is 11.8 Å². The molecule has 0 radical (unpaired) electrons. The Morgan fingerprint density at radius 1 is 1.22 bits per heavy atom. The number of ether oxygens (including phenoxy) is 1. The van der Waals surface area contributed by atoms with Crippen molar-refractivity contribution in [2.24, 2.45) is 7.05 Å². The molecule has 1 aromatic heterocycles. The van der Waals surface area contributed by atoms with Crippen LogP contribution in [0.15, 0.2) is 58.2 Å². The highest BCUT2D eigenvalue weighted by atomic mass is 79.9. The monoisotopic (exact) mass is 446 g/mol. The molecule has 8 heteroatoms. The number of halogens is 1. The summed E-state index contributed by atoms with van der Waals surface area (Å²) >= 11 is 4.74. The molecule has 2 aromatic carbocycles. The van der Waals surface area contributed by atoms with Gasteiger partial charge in [-0.05, 0) is 43.3 Å². The van der Waals surface area contributed by atoms with Gasteiger partial charge < -0.3 is 14.6 Å². The zero-order valence-electron chi connectivity index (χ0n) is 15.1. The molecule has 1 heterocycles. The van der Waals surface area contributed by atoms with Crippen molar-refractivity contribution in [3.8, 4) is 17.1 Å². The summed E-state index contributed by atoms with van der Waals surface area (Å²) < 4.78 is 8.11. The van der Waals surface area contributed by atoms with Crippen LogP contribution >= 0.6 is 27.7 Å². The number of aromatic nitrogens is 3. The summed E-state index contributed by atoms with van der Waals surface area (Å²) in [5, 5.41) is 11.8. The van der Waals surface area contributed by atoms with E-state index in [2.05, 4.69) is 31.4 Å². The minimum absolute atomic E-state index is 0.0896. The zero-order valence-corrected chi connectivity index (χ0v) is 17.5. The van der Waals surface area contributed by atoms with E-state index < -0.39 is 0 Å². The quantitative estimate of drug-likeness (QED) is 0.569. The number of hydrogen-bond donors (Lipinski definition) is 1. The van der Waals surface area contributed by atoms with Gasteiger partial charge in [-0.15, -0.1) is 10.2 Å². The lowest BCUT2D eigenvalue weighted by Gasteiger charge is -2.12. The molecule has 27 heavy (non-hydrogen) atoms. The fourth-order valence-electron chi connectivity index (χ4n) is 2.42. The SMILES string of the molecule is COc1cccc(-c2nnc(SC(C)C(=O)Nc3ccc(Br)cc3)n2C)c1. The van der Waals surface area contributed by atoms with Crippen LogP contribution in [0.3, 0.4) is 0 Å². The number of hydrogen-bond acceptors (Lipinski definition) is 5. The third-order valence-corrected chi connectivity index (χ3v) is 5.59. The summed E-state index contributed by atoms with van der Waals surface area (Å²) in [6.07, 6.45) is 0. The van der Waals surface area contributed by atoms with E-state index in [0.29, 0.717) is 5.16 Å². The number of anilines is 1. The first kappa shape index (κ1) is 19.4. The number of amides is 1. The van der Waals surface area contributed by atoms with E-state index in [1.807, 2.05) is 67.1 Å². The summed E-state index contributed by atoms with van der Waals surface area (Å²) in [6.45, 7) is 1.85. The third kappa shape index (κ3) is 4.70. The van der Waals surface area contributed by atoms with Crippen molar-refractivity contribution in [3.05, 3.63) is 53.0 Å². The Labute approximate surface area is 170 Å². The van der Waals surface area contributed by atoms with Crippen molar-refractivity contribution in [3.63, 3.8) is 0 Å². The lowest BCUT2D eigenvalue weighted by atomic mass is 10.2. The first-order valence-electron chi connectivity index (χ1n) is 8.25. The number of thioether (sulfide) groups is 1. The molecule has 1 atom stereocenters. The Kier molecular flexibility index (Phi) is 6.18. The van der Waals surface area contributed by atoms with Crippen LogP contribution in [-0.4, -0.2) is 33.0 Å². The standard InChI is InChI=1S/C19H19BrN4O2S/c1-12(18(25)21-15-9-7-14(20)8-10-15)27-19-23-22-17(24(19)2)13-5-4-6-16(11-13)26-3/h4-12H,1-3H3,(H,21,25). The van der Waals surface area contributed by atoms with Crippen LogP contribution in [0.2, 0.25) is 0 Å². The molecular weight excluding hydrogens is 428 g/mol. The van der Waals surface area contributed by atoms with E-state index >= 15 is 0 Å². The molecule has 0 bridgehead atoms. The number of benzene rings is 2. The third-order valence-electron chi connectivity index (χ3n) is 3.93. The summed E-state index contributed by atoms with van der Waals surface area (Å²) in [5.41, 5.74) is 1.66. The van der Waals surface area contributed by atoms with Gasteiger partial charge in [-0.1, -0.05) is 39.8 Å². The topological polar surface area (TPSA) is 69.0 Å². The van der Waals surface area contributed by atoms with Crippen molar-refractivity contribution in [1.29, 1.82) is 0 Å². The summed E-state index contributed by atoms with van der Waals surface area (Å²) in [4.78, 5) is 12.5. The van der Waals surface area contributed by atoms with Gasteiger partial charge in [-0.2, -0.15) is 0 Å². The van der Waals surface area contributed by atoms with Crippen molar-refractivity contribution < 1.29 is 9.53 Å². The average molecular weight is 447 g/mol. The number of nitrogens with zero attached hydrogens (tertiary/aromatic N) is 3. The minimum Gasteiger partial charge on any atom is -0.497 e. The summed E-state index contributed by atoms with van der Waals surface area (Å²) in [7, 11) is 3.51. The molecule has 1 amide bonds. The van der Waals surface area contributed by atoms with Crippen LogP contribution in [0, 0.1) is 0 Å². The fourth-order valence-corrected chi connectivity index (χ4v) is 3.50. The molecule has 1 unspecified atom stereocenters. The number of rotatable bonds is 6. The highest BCUT2D eigenvalue weighted by Crippen LogP contribution is 2.28. The molecule has 0 spiro atoms.